The number of benzene rings is 1. The summed E-state index contributed by atoms with van der Waals surface area (Å²) >= 11 is 3.41. The van der Waals surface area contributed by atoms with E-state index in [2.05, 4.69) is 15.9 Å². The van der Waals surface area contributed by atoms with E-state index in [9.17, 15) is 10.1 Å². The minimum absolute atomic E-state index is 0.0966. The Bertz CT molecular complexity index is 561. The fourth-order valence-corrected chi connectivity index (χ4v) is 5.37. The molecule has 4 aliphatic rings. The summed E-state index contributed by atoms with van der Waals surface area (Å²) in [6, 6.07) is 4.79. The average Bonchev–Trinajstić information content (AvgIpc) is 2.43. The van der Waals surface area contributed by atoms with Crippen molar-refractivity contribution in [3.63, 3.8) is 0 Å². The van der Waals surface area contributed by atoms with E-state index in [-0.39, 0.29) is 10.6 Å². The molecule has 4 nitrogen and oxygen atoms in total. The normalized spacial score (nSPS) is 36.7. The molecule has 5 heteroatoms. The van der Waals surface area contributed by atoms with Crippen LogP contribution in [0.2, 0.25) is 0 Å². The van der Waals surface area contributed by atoms with Gasteiger partial charge in [-0.1, -0.05) is 0 Å². The molecule has 4 saturated carbocycles. The van der Waals surface area contributed by atoms with Gasteiger partial charge in [0.25, 0.3) is 5.69 Å². The summed E-state index contributed by atoms with van der Waals surface area (Å²) < 4.78 is 6.97. The van der Waals surface area contributed by atoms with Crippen LogP contribution < -0.4 is 4.74 Å². The van der Waals surface area contributed by atoms with Gasteiger partial charge in [0.1, 0.15) is 11.9 Å². The smallest absolute Gasteiger partial charge is 0.270 e. The molecule has 0 saturated heterocycles. The first-order valence-corrected chi connectivity index (χ1v) is 8.50. The van der Waals surface area contributed by atoms with E-state index in [4.69, 9.17) is 4.74 Å². The van der Waals surface area contributed by atoms with Crippen LogP contribution in [-0.2, 0) is 0 Å². The minimum Gasteiger partial charge on any atom is -0.489 e. The maximum atomic E-state index is 10.8. The molecule has 4 fully saturated rings. The summed E-state index contributed by atoms with van der Waals surface area (Å²) in [7, 11) is 0. The van der Waals surface area contributed by atoms with Crippen LogP contribution in [0.25, 0.3) is 0 Å². The van der Waals surface area contributed by atoms with Gasteiger partial charge < -0.3 is 4.74 Å². The topological polar surface area (TPSA) is 52.4 Å². The predicted molar refractivity (Wildman–Crippen MR) is 82.3 cm³/mol. The Morgan fingerprint density at radius 2 is 1.71 bits per heavy atom. The van der Waals surface area contributed by atoms with Crippen molar-refractivity contribution in [3.8, 4) is 5.75 Å². The second-order valence-electron chi connectivity index (χ2n) is 6.89. The third-order valence-electron chi connectivity index (χ3n) is 5.53. The monoisotopic (exact) mass is 351 g/mol. The van der Waals surface area contributed by atoms with Crippen molar-refractivity contribution in [3.05, 3.63) is 32.8 Å². The molecule has 112 valence electrons. The molecule has 0 spiro atoms. The van der Waals surface area contributed by atoms with E-state index < -0.39 is 0 Å². The molecule has 1 aromatic rings. The van der Waals surface area contributed by atoms with Gasteiger partial charge in [0.2, 0.25) is 0 Å². The van der Waals surface area contributed by atoms with Gasteiger partial charge in [-0.2, -0.15) is 0 Å². The van der Waals surface area contributed by atoms with Crippen LogP contribution in [0.5, 0.6) is 5.75 Å². The van der Waals surface area contributed by atoms with E-state index in [1.54, 1.807) is 6.07 Å². The Morgan fingerprint density at radius 3 is 2.24 bits per heavy atom. The number of halogens is 1. The first-order valence-electron chi connectivity index (χ1n) is 7.70. The lowest BCUT2D eigenvalue weighted by Gasteiger charge is -2.53. The molecule has 0 aromatic heterocycles. The third-order valence-corrected chi connectivity index (χ3v) is 6.15. The Kier molecular flexibility index (Phi) is 3.21. The summed E-state index contributed by atoms with van der Waals surface area (Å²) in [5, 5.41) is 10.8. The van der Waals surface area contributed by atoms with E-state index in [1.165, 1.54) is 44.2 Å². The zero-order valence-electron chi connectivity index (χ0n) is 11.7. The zero-order valence-corrected chi connectivity index (χ0v) is 13.3. The van der Waals surface area contributed by atoms with Crippen LogP contribution in [0.15, 0.2) is 22.7 Å². The van der Waals surface area contributed by atoms with Gasteiger partial charge in [-0.05, 0) is 77.8 Å². The van der Waals surface area contributed by atoms with Gasteiger partial charge in [-0.15, -0.1) is 0 Å². The molecule has 1 aromatic carbocycles. The highest BCUT2D eigenvalue weighted by molar-refractivity contribution is 9.10. The molecule has 0 aliphatic heterocycles. The minimum atomic E-state index is -0.378. The number of nitro groups is 1. The van der Waals surface area contributed by atoms with Crippen LogP contribution in [0, 0.1) is 33.8 Å². The van der Waals surface area contributed by atoms with Gasteiger partial charge in [0.15, 0.2) is 0 Å². The second-order valence-corrected chi connectivity index (χ2v) is 7.74. The van der Waals surface area contributed by atoms with Crippen LogP contribution in [0.4, 0.5) is 5.69 Å². The average molecular weight is 352 g/mol. The molecule has 0 radical (unpaired) electrons. The van der Waals surface area contributed by atoms with Crippen LogP contribution in [-0.4, -0.2) is 11.0 Å². The van der Waals surface area contributed by atoms with Crippen molar-refractivity contribution >= 4 is 21.6 Å². The van der Waals surface area contributed by atoms with Gasteiger partial charge in [-0.3, -0.25) is 10.1 Å². The maximum absolute atomic E-state index is 10.8. The molecular formula is C16H18BrNO3. The Balaban J connectivity index is 1.55. The number of hydrogen-bond donors (Lipinski definition) is 0. The summed E-state index contributed by atoms with van der Waals surface area (Å²) in [6.07, 6.45) is 6.96. The third kappa shape index (κ3) is 2.35. The van der Waals surface area contributed by atoms with Crippen molar-refractivity contribution in [1.29, 1.82) is 0 Å². The molecular weight excluding hydrogens is 334 g/mol. The summed E-state index contributed by atoms with van der Waals surface area (Å²) in [6.45, 7) is 0. The van der Waals surface area contributed by atoms with Gasteiger partial charge in [0.05, 0.1) is 9.40 Å². The van der Waals surface area contributed by atoms with E-state index in [0.29, 0.717) is 22.4 Å². The standard InChI is InChI=1S/C16H18BrNO3/c17-14-8-13(18(19)20)1-2-15(14)21-16-11-4-9-3-10(6-11)7-12(16)5-9/h1-2,8-12,16H,3-7H2. The Labute approximate surface area is 132 Å². The number of hydrogen-bond acceptors (Lipinski definition) is 3. The van der Waals surface area contributed by atoms with Crippen molar-refractivity contribution in [2.75, 3.05) is 0 Å². The van der Waals surface area contributed by atoms with E-state index in [1.807, 2.05) is 0 Å². The highest BCUT2D eigenvalue weighted by atomic mass is 79.9. The molecule has 0 atom stereocenters. The molecule has 0 unspecified atom stereocenters. The lowest BCUT2D eigenvalue weighted by Crippen LogP contribution is -2.50. The molecule has 0 N–H and O–H groups in total. The highest BCUT2D eigenvalue weighted by Crippen LogP contribution is 2.54. The summed E-state index contributed by atoms with van der Waals surface area (Å²) in [5.74, 6) is 3.96. The molecule has 5 rings (SSSR count). The lowest BCUT2D eigenvalue weighted by atomic mass is 9.55. The highest BCUT2D eigenvalue weighted by Gasteiger charge is 2.49. The first-order chi connectivity index (χ1) is 10.1. The Hall–Kier alpha value is -1.10. The predicted octanol–water partition coefficient (Wildman–Crippen LogP) is 4.56. The number of non-ortho nitro benzene ring substituents is 1. The molecule has 4 aliphatic carbocycles. The number of rotatable bonds is 3. The van der Waals surface area contributed by atoms with Gasteiger partial charge >= 0.3 is 0 Å². The summed E-state index contributed by atoms with van der Waals surface area (Å²) in [4.78, 5) is 10.4. The van der Waals surface area contributed by atoms with Crippen molar-refractivity contribution in [1.82, 2.24) is 0 Å². The van der Waals surface area contributed by atoms with Crippen molar-refractivity contribution < 1.29 is 9.66 Å². The maximum Gasteiger partial charge on any atom is 0.270 e. The van der Waals surface area contributed by atoms with Crippen LogP contribution in [0.3, 0.4) is 0 Å². The zero-order chi connectivity index (χ0) is 14.6. The van der Waals surface area contributed by atoms with Crippen LogP contribution in [0.1, 0.15) is 32.1 Å². The second kappa shape index (κ2) is 4.97. The molecule has 4 bridgehead atoms. The molecule has 21 heavy (non-hydrogen) atoms. The van der Waals surface area contributed by atoms with Gasteiger partial charge in [0, 0.05) is 12.1 Å². The fourth-order valence-electron chi connectivity index (χ4n) is 4.91. The van der Waals surface area contributed by atoms with Crippen molar-refractivity contribution in [2.45, 2.75) is 38.2 Å². The largest absolute Gasteiger partial charge is 0.489 e. The molecule has 0 heterocycles. The lowest BCUT2D eigenvalue weighted by molar-refractivity contribution is -0.385. The van der Waals surface area contributed by atoms with Crippen molar-refractivity contribution in [2.24, 2.45) is 23.7 Å². The van der Waals surface area contributed by atoms with E-state index >= 15 is 0 Å². The van der Waals surface area contributed by atoms with E-state index in [0.717, 1.165) is 17.6 Å². The SMILES string of the molecule is O=[N+]([O-])c1ccc(OC2C3CC4CC(C3)CC2C4)c(Br)c1. The number of nitrogens with zero attached hydrogens (tertiary/aromatic N) is 1. The van der Waals surface area contributed by atoms with Crippen LogP contribution >= 0.6 is 15.9 Å². The fraction of sp³-hybridized carbons (Fsp3) is 0.625. The molecule has 0 amide bonds. The first kappa shape index (κ1) is 13.6. The quantitative estimate of drug-likeness (QED) is 0.592. The van der Waals surface area contributed by atoms with Gasteiger partial charge in [-0.25, -0.2) is 0 Å². The number of nitro benzene ring substituents is 1. The Morgan fingerprint density at radius 1 is 1.10 bits per heavy atom. The number of ether oxygens (including phenoxy) is 1. The summed E-state index contributed by atoms with van der Waals surface area (Å²) in [5.41, 5.74) is 0.0966.